The molecule has 160 valence electrons. The van der Waals surface area contributed by atoms with Gasteiger partial charge in [-0.05, 0) is 67.2 Å². The molecule has 1 fully saturated rings. The number of ether oxygens (including phenoxy) is 2. The van der Waals surface area contributed by atoms with Crippen molar-refractivity contribution in [2.45, 2.75) is 45.6 Å². The number of piperidine rings is 1. The molecule has 2 aromatic rings. The number of amides is 1. The maximum absolute atomic E-state index is 12.0. The highest BCUT2D eigenvalue weighted by Gasteiger charge is 2.22. The minimum Gasteiger partial charge on any atom is -0.490 e. The molecule has 1 amide bonds. The zero-order chi connectivity index (χ0) is 20.9. The molecule has 0 atom stereocenters. The molecular formula is C25H32N2O3. The van der Waals surface area contributed by atoms with Crippen molar-refractivity contribution in [2.75, 3.05) is 31.6 Å². The van der Waals surface area contributed by atoms with E-state index in [1.54, 1.807) is 0 Å². The standard InChI is InChI=1S/C25H32N2O3/c1-18(2)25(28)26-22-6-3-5-21(16-22)20-9-11-27(12-10-20)17-19-7-8-23-24(15-19)30-14-4-13-29-23/h3,5-8,15-16,18,20H,4,9-14,17H2,1-2H3,(H,26,28). The van der Waals surface area contributed by atoms with Gasteiger partial charge >= 0.3 is 0 Å². The lowest BCUT2D eigenvalue weighted by atomic mass is 9.89. The van der Waals surface area contributed by atoms with Crippen molar-refractivity contribution in [2.24, 2.45) is 5.92 Å². The minimum absolute atomic E-state index is 0.0122. The van der Waals surface area contributed by atoms with Gasteiger partial charge in [0.15, 0.2) is 11.5 Å². The van der Waals surface area contributed by atoms with Crippen LogP contribution in [0.3, 0.4) is 0 Å². The van der Waals surface area contributed by atoms with Gasteiger partial charge in [0.2, 0.25) is 5.91 Å². The fraction of sp³-hybridized carbons (Fsp3) is 0.480. The summed E-state index contributed by atoms with van der Waals surface area (Å²) in [6, 6.07) is 14.7. The van der Waals surface area contributed by atoms with E-state index in [1.807, 2.05) is 26.0 Å². The van der Waals surface area contributed by atoms with Crippen molar-refractivity contribution in [3.8, 4) is 11.5 Å². The number of hydrogen-bond acceptors (Lipinski definition) is 4. The maximum atomic E-state index is 12.0. The van der Waals surface area contributed by atoms with Crippen LogP contribution in [-0.2, 0) is 11.3 Å². The summed E-state index contributed by atoms with van der Waals surface area (Å²) in [7, 11) is 0. The van der Waals surface area contributed by atoms with Gasteiger partial charge in [0.25, 0.3) is 0 Å². The Morgan fingerprint density at radius 2 is 1.83 bits per heavy atom. The van der Waals surface area contributed by atoms with Crippen molar-refractivity contribution >= 4 is 11.6 Å². The molecule has 0 radical (unpaired) electrons. The van der Waals surface area contributed by atoms with Gasteiger partial charge in [0, 0.05) is 24.6 Å². The minimum atomic E-state index is -0.0122. The van der Waals surface area contributed by atoms with E-state index < -0.39 is 0 Å². The predicted molar refractivity (Wildman–Crippen MR) is 119 cm³/mol. The van der Waals surface area contributed by atoms with Gasteiger partial charge < -0.3 is 14.8 Å². The Hall–Kier alpha value is -2.53. The van der Waals surface area contributed by atoms with Crippen molar-refractivity contribution in [3.05, 3.63) is 53.6 Å². The summed E-state index contributed by atoms with van der Waals surface area (Å²) in [4.78, 5) is 14.5. The molecule has 4 rings (SSSR count). The van der Waals surface area contributed by atoms with Crippen LogP contribution in [0, 0.1) is 5.92 Å². The number of rotatable bonds is 5. The number of likely N-dealkylation sites (tertiary alicyclic amines) is 1. The van der Waals surface area contributed by atoms with Gasteiger partial charge in [-0.1, -0.05) is 32.0 Å². The van der Waals surface area contributed by atoms with Crippen LogP contribution in [0.1, 0.15) is 50.2 Å². The first-order valence-corrected chi connectivity index (χ1v) is 11.1. The Morgan fingerprint density at radius 3 is 2.60 bits per heavy atom. The lowest BCUT2D eigenvalue weighted by Gasteiger charge is -2.32. The lowest BCUT2D eigenvalue weighted by molar-refractivity contribution is -0.118. The third-order valence-electron chi connectivity index (χ3n) is 5.96. The molecule has 2 aromatic carbocycles. The van der Waals surface area contributed by atoms with Crippen molar-refractivity contribution in [3.63, 3.8) is 0 Å². The first-order chi connectivity index (χ1) is 14.6. The molecule has 0 unspecified atom stereocenters. The average Bonchev–Trinajstić information content (AvgIpc) is 2.99. The number of fused-ring (bicyclic) bond motifs is 1. The Kier molecular flexibility index (Phi) is 6.58. The number of carbonyl (C=O) groups excluding carboxylic acids is 1. The number of nitrogens with zero attached hydrogens (tertiary/aromatic N) is 1. The first-order valence-electron chi connectivity index (χ1n) is 11.1. The zero-order valence-corrected chi connectivity index (χ0v) is 18.0. The van der Waals surface area contributed by atoms with Crippen LogP contribution < -0.4 is 14.8 Å². The van der Waals surface area contributed by atoms with Crippen LogP contribution in [-0.4, -0.2) is 37.1 Å². The monoisotopic (exact) mass is 408 g/mol. The average molecular weight is 409 g/mol. The number of carbonyl (C=O) groups is 1. The third kappa shape index (κ3) is 5.14. The smallest absolute Gasteiger partial charge is 0.226 e. The molecule has 0 aromatic heterocycles. The summed E-state index contributed by atoms with van der Waals surface area (Å²) in [6.45, 7) is 8.36. The second kappa shape index (κ2) is 9.52. The summed E-state index contributed by atoms with van der Waals surface area (Å²) in [6.07, 6.45) is 3.19. The van der Waals surface area contributed by atoms with Crippen molar-refractivity contribution < 1.29 is 14.3 Å². The molecule has 0 saturated carbocycles. The molecular weight excluding hydrogens is 376 g/mol. The molecule has 2 aliphatic rings. The summed E-state index contributed by atoms with van der Waals surface area (Å²) in [5, 5.41) is 3.02. The Labute approximate surface area is 179 Å². The van der Waals surface area contributed by atoms with Crippen LogP contribution in [0.15, 0.2) is 42.5 Å². The van der Waals surface area contributed by atoms with Gasteiger partial charge in [-0.15, -0.1) is 0 Å². The van der Waals surface area contributed by atoms with Crippen LogP contribution in [0.2, 0.25) is 0 Å². The SMILES string of the molecule is CC(C)C(=O)Nc1cccc(C2CCN(Cc3ccc4c(c3)OCCCO4)CC2)c1. The van der Waals surface area contributed by atoms with E-state index in [9.17, 15) is 4.79 Å². The van der Waals surface area contributed by atoms with Crippen LogP contribution >= 0.6 is 0 Å². The topological polar surface area (TPSA) is 50.8 Å². The molecule has 0 spiro atoms. The summed E-state index contributed by atoms with van der Waals surface area (Å²) < 4.78 is 11.6. The molecule has 5 heteroatoms. The molecule has 30 heavy (non-hydrogen) atoms. The van der Waals surface area contributed by atoms with E-state index in [2.05, 4.69) is 40.5 Å². The van der Waals surface area contributed by atoms with E-state index in [-0.39, 0.29) is 11.8 Å². The van der Waals surface area contributed by atoms with Crippen molar-refractivity contribution in [1.82, 2.24) is 4.90 Å². The second-order valence-electron chi connectivity index (χ2n) is 8.65. The maximum Gasteiger partial charge on any atom is 0.226 e. The number of hydrogen-bond donors (Lipinski definition) is 1. The van der Waals surface area contributed by atoms with Gasteiger partial charge in [-0.2, -0.15) is 0 Å². The number of anilines is 1. The van der Waals surface area contributed by atoms with Crippen LogP contribution in [0.5, 0.6) is 11.5 Å². The Morgan fingerprint density at radius 1 is 1.07 bits per heavy atom. The fourth-order valence-electron chi connectivity index (χ4n) is 4.15. The second-order valence-corrected chi connectivity index (χ2v) is 8.65. The number of benzene rings is 2. The molecule has 0 aliphatic carbocycles. The highest BCUT2D eigenvalue weighted by molar-refractivity contribution is 5.92. The van der Waals surface area contributed by atoms with E-state index in [0.717, 1.165) is 69.3 Å². The van der Waals surface area contributed by atoms with E-state index in [0.29, 0.717) is 5.92 Å². The Bertz CT molecular complexity index is 872. The fourth-order valence-corrected chi connectivity index (χ4v) is 4.15. The summed E-state index contributed by atoms with van der Waals surface area (Å²) in [5.41, 5.74) is 3.50. The molecule has 2 aliphatic heterocycles. The van der Waals surface area contributed by atoms with Gasteiger partial charge in [0.05, 0.1) is 13.2 Å². The third-order valence-corrected chi connectivity index (χ3v) is 5.96. The largest absolute Gasteiger partial charge is 0.490 e. The quantitative estimate of drug-likeness (QED) is 0.770. The van der Waals surface area contributed by atoms with Gasteiger partial charge in [-0.25, -0.2) is 0 Å². The van der Waals surface area contributed by atoms with E-state index in [1.165, 1.54) is 11.1 Å². The van der Waals surface area contributed by atoms with Crippen molar-refractivity contribution in [1.29, 1.82) is 0 Å². The van der Waals surface area contributed by atoms with Crippen LogP contribution in [0.25, 0.3) is 0 Å². The zero-order valence-electron chi connectivity index (χ0n) is 18.0. The van der Waals surface area contributed by atoms with Crippen LogP contribution in [0.4, 0.5) is 5.69 Å². The highest BCUT2D eigenvalue weighted by atomic mass is 16.5. The molecule has 1 saturated heterocycles. The van der Waals surface area contributed by atoms with E-state index in [4.69, 9.17) is 9.47 Å². The molecule has 1 N–H and O–H groups in total. The number of nitrogens with one attached hydrogen (secondary N) is 1. The van der Waals surface area contributed by atoms with Gasteiger partial charge in [0.1, 0.15) is 0 Å². The molecule has 0 bridgehead atoms. The summed E-state index contributed by atoms with van der Waals surface area (Å²) >= 11 is 0. The lowest BCUT2D eigenvalue weighted by Crippen LogP contribution is -2.32. The van der Waals surface area contributed by atoms with E-state index >= 15 is 0 Å². The normalized spacial score (nSPS) is 17.6. The highest BCUT2D eigenvalue weighted by Crippen LogP contribution is 2.33. The van der Waals surface area contributed by atoms with Gasteiger partial charge in [-0.3, -0.25) is 9.69 Å². The predicted octanol–water partition coefficient (Wildman–Crippen LogP) is 4.82. The molecule has 5 nitrogen and oxygen atoms in total. The summed E-state index contributed by atoms with van der Waals surface area (Å²) in [5.74, 6) is 2.33. The molecule has 2 heterocycles. The first kappa shape index (κ1) is 20.7. The Balaban J connectivity index is 1.33.